The molecule has 1 fully saturated rings. The van der Waals surface area contributed by atoms with Gasteiger partial charge in [0.25, 0.3) is 0 Å². The van der Waals surface area contributed by atoms with E-state index in [0.29, 0.717) is 17.9 Å². The number of rotatable bonds is 7. The highest BCUT2D eigenvalue weighted by molar-refractivity contribution is 5.90. The number of esters is 1. The monoisotopic (exact) mass is 367 g/mol. The third kappa shape index (κ3) is 4.71. The van der Waals surface area contributed by atoms with Crippen LogP contribution in [-0.4, -0.2) is 42.4 Å². The molecule has 1 aliphatic rings. The molecule has 1 atom stereocenters. The Morgan fingerprint density at radius 1 is 1.19 bits per heavy atom. The van der Waals surface area contributed by atoms with Crippen molar-refractivity contribution >= 4 is 11.7 Å². The highest BCUT2D eigenvalue weighted by Crippen LogP contribution is 2.33. The van der Waals surface area contributed by atoms with Crippen molar-refractivity contribution in [3.05, 3.63) is 65.2 Å². The molecule has 2 aromatic rings. The molecule has 3 rings (SSSR count). The summed E-state index contributed by atoms with van der Waals surface area (Å²) in [7, 11) is 0. The number of nitrogens with zero attached hydrogens (tertiary/aromatic N) is 3. The number of carbonyl (C=O) groups is 1. The molecule has 0 saturated carbocycles. The van der Waals surface area contributed by atoms with Crippen LogP contribution < -0.4 is 0 Å². The summed E-state index contributed by atoms with van der Waals surface area (Å²) in [5, 5.41) is 20.8. The number of hydrogen-bond donors (Lipinski definition) is 1. The van der Waals surface area contributed by atoms with Gasteiger partial charge in [-0.05, 0) is 49.1 Å². The molecule has 6 heteroatoms. The molecule has 1 heterocycles. The number of benzene rings is 2. The Kier molecular flexibility index (Phi) is 6.54. The average molecular weight is 367 g/mol. The molecule has 1 saturated heterocycles. The average Bonchev–Trinajstić information content (AvgIpc) is 3.22. The van der Waals surface area contributed by atoms with Crippen molar-refractivity contribution in [2.75, 3.05) is 26.3 Å². The number of ether oxygens (including phenoxy) is 1. The van der Waals surface area contributed by atoms with Gasteiger partial charge in [-0.2, -0.15) is 0 Å². The van der Waals surface area contributed by atoms with Gasteiger partial charge >= 0.3 is 5.97 Å². The van der Waals surface area contributed by atoms with E-state index in [2.05, 4.69) is 10.3 Å². The molecule has 0 aromatic heterocycles. The summed E-state index contributed by atoms with van der Waals surface area (Å²) in [5.41, 5.74) is 2.81. The summed E-state index contributed by atoms with van der Waals surface area (Å²) < 4.78 is 5.12. The first-order valence-electron chi connectivity index (χ1n) is 9.36. The van der Waals surface area contributed by atoms with Gasteiger partial charge in [0.1, 0.15) is 0 Å². The minimum absolute atomic E-state index is 0.0947. The Morgan fingerprint density at radius 3 is 2.59 bits per heavy atom. The third-order valence-corrected chi connectivity index (χ3v) is 4.66. The van der Waals surface area contributed by atoms with Crippen LogP contribution in [0, 0.1) is 0 Å². The van der Waals surface area contributed by atoms with Crippen LogP contribution in [0.2, 0.25) is 0 Å². The number of aliphatic hydroxyl groups is 1. The minimum Gasteiger partial charge on any atom is -0.462 e. The molecule has 0 bridgehead atoms. The van der Waals surface area contributed by atoms with Gasteiger partial charge in [-0.15, -0.1) is 5.11 Å². The van der Waals surface area contributed by atoms with Gasteiger partial charge in [0, 0.05) is 19.0 Å². The topological polar surface area (TPSA) is 74.5 Å². The maximum Gasteiger partial charge on any atom is 0.338 e. The lowest BCUT2D eigenvalue weighted by atomic mass is 9.90. The largest absolute Gasteiger partial charge is 0.462 e. The SMILES string of the molecule is CCOC(=O)c1ccc(N=NN2CCCC2)c(C(CO)c2ccccc2)c1. The maximum absolute atomic E-state index is 12.2. The van der Waals surface area contributed by atoms with Crippen LogP contribution in [0.3, 0.4) is 0 Å². The van der Waals surface area contributed by atoms with Crippen LogP contribution in [0.4, 0.5) is 5.69 Å². The van der Waals surface area contributed by atoms with E-state index in [1.54, 1.807) is 25.1 Å². The summed E-state index contributed by atoms with van der Waals surface area (Å²) in [6.45, 7) is 3.80. The Balaban J connectivity index is 1.99. The second kappa shape index (κ2) is 9.28. The summed E-state index contributed by atoms with van der Waals surface area (Å²) >= 11 is 0. The standard InChI is InChI=1S/C21H25N3O3/c1-2-27-21(26)17-10-11-20(22-23-24-12-6-7-13-24)18(14-17)19(15-25)16-8-4-3-5-9-16/h3-5,8-11,14,19,25H,2,6-7,12-13,15H2,1H3. The van der Waals surface area contributed by atoms with Crippen molar-refractivity contribution in [2.24, 2.45) is 10.3 Å². The highest BCUT2D eigenvalue weighted by Gasteiger charge is 2.20. The molecular weight excluding hydrogens is 342 g/mol. The summed E-state index contributed by atoms with van der Waals surface area (Å²) in [6, 6.07) is 14.9. The van der Waals surface area contributed by atoms with Crippen LogP contribution >= 0.6 is 0 Å². The second-order valence-corrected chi connectivity index (χ2v) is 6.49. The molecule has 6 nitrogen and oxygen atoms in total. The van der Waals surface area contributed by atoms with Gasteiger partial charge in [0.2, 0.25) is 0 Å². The first-order valence-corrected chi connectivity index (χ1v) is 9.36. The Morgan fingerprint density at radius 2 is 1.93 bits per heavy atom. The van der Waals surface area contributed by atoms with E-state index in [9.17, 15) is 9.90 Å². The Labute approximate surface area is 159 Å². The van der Waals surface area contributed by atoms with Gasteiger partial charge in [-0.3, -0.25) is 5.01 Å². The van der Waals surface area contributed by atoms with E-state index in [4.69, 9.17) is 4.74 Å². The molecule has 0 spiro atoms. The van der Waals surface area contributed by atoms with Crippen molar-refractivity contribution in [3.63, 3.8) is 0 Å². The van der Waals surface area contributed by atoms with Crippen LogP contribution in [0.25, 0.3) is 0 Å². The molecule has 142 valence electrons. The lowest BCUT2D eigenvalue weighted by Crippen LogP contribution is -2.11. The van der Waals surface area contributed by atoms with E-state index in [1.807, 2.05) is 35.3 Å². The molecule has 2 aromatic carbocycles. The van der Waals surface area contributed by atoms with Gasteiger partial charge in [-0.25, -0.2) is 4.79 Å². The third-order valence-electron chi connectivity index (χ3n) is 4.66. The van der Waals surface area contributed by atoms with Crippen molar-refractivity contribution in [3.8, 4) is 0 Å². The van der Waals surface area contributed by atoms with E-state index in [0.717, 1.165) is 37.1 Å². The van der Waals surface area contributed by atoms with Gasteiger partial charge < -0.3 is 9.84 Å². The molecule has 0 amide bonds. The predicted molar refractivity (Wildman–Crippen MR) is 103 cm³/mol. The summed E-state index contributed by atoms with van der Waals surface area (Å²) in [5.74, 6) is -0.681. The van der Waals surface area contributed by atoms with Crippen molar-refractivity contribution in [1.82, 2.24) is 5.01 Å². The normalized spacial score (nSPS) is 15.3. The zero-order valence-corrected chi connectivity index (χ0v) is 15.5. The molecule has 27 heavy (non-hydrogen) atoms. The zero-order chi connectivity index (χ0) is 19.1. The lowest BCUT2D eigenvalue weighted by molar-refractivity contribution is 0.0526. The molecule has 0 radical (unpaired) electrons. The Bertz CT molecular complexity index is 787. The van der Waals surface area contributed by atoms with E-state index in [-0.39, 0.29) is 18.5 Å². The molecular formula is C21H25N3O3. The fraction of sp³-hybridized carbons (Fsp3) is 0.381. The molecule has 1 N–H and O–H groups in total. The zero-order valence-electron chi connectivity index (χ0n) is 15.5. The quantitative estimate of drug-likeness (QED) is 0.591. The summed E-state index contributed by atoms with van der Waals surface area (Å²) in [6.07, 6.45) is 2.24. The van der Waals surface area contributed by atoms with Gasteiger partial charge in [0.05, 0.1) is 24.5 Å². The molecule has 0 aliphatic carbocycles. The molecule has 1 unspecified atom stereocenters. The Hall–Kier alpha value is -2.73. The number of hydrogen-bond acceptors (Lipinski definition) is 5. The van der Waals surface area contributed by atoms with E-state index in [1.165, 1.54) is 0 Å². The first-order chi connectivity index (χ1) is 13.2. The van der Waals surface area contributed by atoms with E-state index >= 15 is 0 Å². The highest BCUT2D eigenvalue weighted by atomic mass is 16.5. The van der Waals surface area contributed by atoms with Crippen molar-refractivity contribution in [1.29, 1.82) is 0 Å². The van der Waals surface area contributed by atoms with Crippen LogP contribution in [0.15, 0.2) is 58.9 Å². The lowest BCUT2D eigenvalue weighted by Gasteiger charge is -2.18. The van der Waals surface area contributed by atoms with Crippen molar-refractivity contribution < 1.29 is 14.6 Å². The maximum atomic E-state index is 12.2. The van der Waals surface area contributed by atoms with Crippen LogP contribution in [-0.2, 0) is 4.74 Å². The van der Waals surface area contributed by atoms with Crippen LogP contribution in [0.1, 0.15) is 47.2 Å². The second-order valence-electron chi connectivity index (χ2n) is 6.49. The fourth-order valence-corrected chi connectivity index (χ4v) is 3.24. The smallest absolute Gasteiger partial charge is 0.338 e. The fourth-order valence-electron chi connectivity index (χ4n) is 3.24. The minimum atomic E-state index is -0.383. The van der Waals surface area contributed by atoms with E-state index < -0.39 is 0 Å². The van der Waals surface area contributed by atoms with Gasteiger partial charge in [0.15, 0.2) is 0 Å². The van der Waals surface area contributed by atoms with Crippen molar-refractivity contribution in [2.45, 2.75) is 25.7 Å². The number of carbonyl (C=O) groups excluding carboxylic acids is 1. The summed E-state index contributed by atoms with van der Waals surface area (Å²) in [4.78, 5) is 12.2. The predicted octanol–water partition coefficient (Wildman–Crippen LogP) is 4.08. The molecule has 1 aliphatic heterocycles. The van der Waals surface area contributed by atoms with Crippen LogP contribution in [0.5, 0.6) is 0 Å². The van der Waals surface area contributed by atoms with Gasteiger partial charge in [-0.1, -0.05) is 35.6 Å². The number of aliphatic hydroxyl groups excluding tert-OH is 1. The first kappa shape index (κ1) is 19.0.